The number of aromatic hydroxyl groups is 2. The highest BCUT2D eigenvalue weighted by Gasteiger charge is 2.03. The lowest BCUT2D eigenvalue weighted by atomic mass is 10.5. The van der Waals surface area contributed by atoms with E-state index >= 15 is 0 Å². The minimum atomic E-state index is -0.481. The van der Waals surface area contributed by atoms with Crippen LogP contribution in [0.15, 0.2) is 24.5 Å². The fraction of sp³-hybridized carbons (Fsp3) is 0. The van der Waals surface area contributed by atoms with Gasteiger partial charge in [-0.2, -0.15) is 15.1 Å². The van der Waals surface area contributed by atoms with E-state index in [4.69, 9.17) is 10.2 Å². The first kappa shape index (κ1) is 7.53. The molecular formula is C7H6N4O2. The topological polar surface area (TPSA) is 84.1 Å². The van der Waals surface area contributed by atoms with Crippen molar-refractivity contribution < 1.29 is 10.2 Å². The molecule has 2 heterocycles. The lowest BCUT2D eigenvalue weighted by Crippen LogP contribution is -1.98. The molecule has 0 aliphatic rings. The third-order valence-electron chi connectivity index (χ3n) is 1.43. The molecule has 0 aliphatic heterocycles. The van der Waals surface area contributed by atoms with Gasteiger partial charge in [0.15, 0.2) is 5.82 Å². The summed E-state index contributed by atoms with van der Waals surface area (Å²) < 4.78 is 1.40. The highest BCUT2D eigenvalue weighted by molar-refractivity contribution is 5.27. The first-order valence-electron chi connectivity index (χ1n) is 3.53. The Morgan fingerprint density at radius 3 is 2.69 bits per heavy atom. The molecule has 0 aliphatic carbocycles. The van der Waals surface area contributed by atoms with Crippen molar-refractivity contribution in [1.29, 1.82) is 0 Å². The standard InChI is InChI=1S/C7H6N4O2/c12-6-4-5(9-7(13)10-6)11-3-1-2-8-11/h1-4H,(H2,9,10,12,13). The van der Waals surface area contributed by atoms with Gasteiger partial charge in [0.25, 0.3) is 0 Å². The highest BCUT2D eigenvalue weighted by atomic mass is 16.3. The molecule has 2 aromatic heterocycles. The molecule has 6 nitrogen and oxygen atoms in total. The largest absolute Gasteiger partial charge is 0.493 e. The van der Waals surface area contributed by atoms with Crippen molar-refractivity contribution in [3.05, 3.63) is 24.5 Å². The van der Waals surface area contributed by atoms with Gasteiger partial charge in [-0.1, -0.05) is 0 Å². The van der Waals surface area contributed by atoms with Gasteiger partial charge in [-0.15, -0.1) is 0 Å². The third-order valence-corrected chi connectivity index (χ3v) is 1.43. The van der Waals surface area contributed by atoms with Crippen molar-refractivity contribution >= 4 is 0 Å². The molecule has 6 heteroatoms. The van der Waals surface area contributed by atoms with Gasteiger partial charge in [0.2, 0.25) is 5.88 Å². The molecular weight excluding hydrogens is 172 g/mol. The summed E-state index contributed by atoms with van der Waals surface area (Å²) in [5, 5.41) is 21.9. The van der Waals surface area contributed by atoms with Gasteiger partial charge in [-0.05, 0) is 6.07 Å². The molecule has 2 rings (SSSR count). The van der Waals surface area contributed by atoms with Crippen LogP contribution in [0, 0.1) is 0 Å². The number of aromatic nitrogens is 4. The van der Waals surface area contributed by atoms with E-state index < -0.39 is 6.01 Å². The SMILES string of the molecule is Oc1cc(-n2cccn2)nc(O)n1. The van der Waals surface area contributed by atoms with Crippen molar-refractivity contribution in [2.75, 3.05) is 0 Å². The van der Waals surface area contributed by atoms with E-state index in [9.17, 15) is 0 Å². The van der Waals surface area contributed by atoms with Crippen molar-refractivity contribution in [3.63, 3.8) is 0 Å². The van der Waals surface area contributed by atoms with Gasteiger partial charge in [0.05, 0.1) is 0 Å². The maximum absolute atomic E-state index is 9.04. The average Bonchev–Trinajstić information content (AvgIpc) is 2.53. The Labute approximate surface area is 73.1 Å². The fourth-order valence-electron chi connectivity index (χ4n) is 0.932. The number of hydrogen-bond acceptors (Lipinski definition) is 5. The molecule has 13 heavy (non-hydrogen) atoms. The number of nitrogens with zero attached hydrogens (tertiary/aromatic N) is 4. The molecule has 0 atom stereocenters. The maximum Gasteiger partial charge on any atom is 0.319 e. The normalized spacial score (nSPS) is 10.2. The molecule has 0 spiro atoms. The molecule has 0 radical (unpaired) electrons. The van der Waals surface area contributed by atoms with Gasteiger partial charge >= 0.3 is 6.01 Å². The van der Waals surface area contributed by atoms with E-state index in [1.165, 1.54) is 10.7 Å². The summed E-state index contributed by atoms with van der Waals surface area (Å²) in [6, 6.07) is 2.52. The first-order valence-corrected chi connectivity index (χ1v) is 3.53. The summed E-state index contributed by atoms with van der Waals surface area (Å²) in [5.41, 5.74) is 0. The molecule has 0 aromatic carbocycles. The van der Waals surface area contributed by atoms with Gasteiger partial charge in [-0.25, -0.2) is 4.68 Å². The Bertz CT molecular complexity index is 392. The molecule has 0 saturated carbocycles. The van der Waals surface area contributed by atoms with Crippen molar-refractivity contribution in [2.45, 2.75) is 0 Å². The molecule has 0 unspecified atom stereocenters. The second-order valence-corrected chi connectivity index (χ2v) is 2.33. The minimum absolute atomic E-state index is 0.294. The minimum Gasteiger partial charge on any atom is -0.493 e. The zero-order valence-electron chi connectivity index (χ0n) is 6.49. The Hall–Kier alpha value is -2.11. The molecule has 0 fully saturated rings. The molecule has 0 amide bonds. The molecule has 2 N–H and O–H groups in total. The fourth-order valence-corrected chi connectivity index (χ4v) is 0.932. The van der Waals surface area contributed by atoms with E-state index in [-0.39, 0.29) is 5.88 Å². The van der Waals surface area contributed by atoms with Crippen LogP contribution in [0.3, 0.4) is 0 Å². The maximum atomic E-state index is 9.04. The van der Waals surface area contributed by atoms with Crippen LogP contribution in [0.5, 0.6) is 11.9 Å². The zero-order chi connectivity index (χ0) is 9.26. The quantitative estimate of drug-likeness (QED) is 0.645. The number of hydrogen-bond donors (Lipinski definition) is 2. The predicted octanol–water partition coefficient (Wildman–Crippen LogP) is 0.0735. The van der Waals surface area contributed by atoms with Crippen LogP contribution in [-0.4, -0.2) is 30.0 Å². The Morgan fingerprint density at radius 2 is 2.08 bits per heavy atom. The lowest BCUT2D eigenvalue weighted by Gasteiger charge is -2.00. The summed E-state index contributed by atoms with van der Waals surface area (Å²) in [5.74, 6) is 0.0213. The number of rotatable bonds is 1. The van der Waals surface area contributed by atoms with Crippen LogP contribution in [-0.2, 0) is 0 Å². The van der Waals surface area contributed by atoms with Crippen LogP contribution in [0.1, 0.15) is 0 Å². The highest BCUT2D eigenvalue weighted by Crippen LogP contribution is 2.13. The first-order chi connectivity index (χ1) is 6.25. The lowest BCUT2D eigenvalue weighted by molar-refractivity contribution is 0.396. The van der Waals surface area contributed by atoms with E-state index in [0.717, 1.165) is 0 Å². The Morgan fingerprint density at radius 1 is 1.23 bits per heavy atom. The van der Waals surface area contributed by atoms with Crippen molar-refractivity contribution in [2.24, 2.45) is 0 Å². The second kappa shape index (κ2) is 2.74. The van der Waals surface area contributed by atoms with E-state index in [1.54, 1.807) is 18.5 Å². The summed E-state index contributed by atoms with van der Waals surface area (Å²) in [7, 11) is 0. The predicted molar refractivity (Wildman–Crippen MR) is 42.5 cm³/mol. The smallest absolute Gasteiger partial charge is 0.319 e. The summed E-state index contributed by atoms with van der Waals surface area (Å²) in [4.78, 5) is 6.96. The third kappa shape index (κ3) is 1.41. The molecule has 0 saturated heterocycles. The zero-order valence-corrected chi connectivity index (χ0v) is 6.49. The van der Waals surface area contributed by atoms with E-state index in [0.29, 0.717) is 5.82 Å². The van der Waals surface area contributed by atoms with Crippen LogP contribution in [0.2, 0.25) is 0 Å². The summed E-state index contributed by atoms with van der Waals surface area (Å²) >= 11 is 0. The van der Waals surface area contributed by atoms with Crippen molar-refractivity contribution in [3.8, 4) is 17.7 Å². The second-order valence-electron chi connectivity index (χ2n) is 2.33. The Balaban J connectivity index is 2.53. The van der Waals surface area contributed by atoms with Crippen LogP contribution in [0.25, 0.3) is 5.82 Å². The van der Waals surface area contributed by atoms with Crippen LogP contribution >= 0.6 is 0 Å². The van der Waals surface area contributed by atoms with Crippen molar-refractivity contribution in [1.82, 2.24) is 19.7 Å². The van der Waals surface area contributed by atoms with Gasteiger partial charge in [-0.3, -0.25) is 0 Å². The Kier molecular flexibility index (Phi) is 1.59. The monoisotopic (exact) mass is 178 g/mol. The van der Waals surface area contributed by atoms with Crippen LogP contribution < -0.4 is 0 Å². The van der Waals surface area contributed by atoms with E-state index in [1.807, 2.05) is 0 Å². The summed E-state index contributed by atoms with van der Waals surface area (Å²) in [6.07, 6.45) is 3.21. The molecule has 2 aromatic rings. The molecule has 0 bridgehead atoms. The van der Waals surface area contributed by atoms with Crippen LogP contribution in [0.4, 0.5) is 0 Å². The van der Waals surface area contributed by atoms with Gasteiger partial charge < -0.3 is 10.2 Å². The van der Waals surface area contributed by atoms with Gasteiger partial charge in [0, 0.05) is 18.5 Å². The molecule has 66 valence electrons. The van der Waals surface area contributed by atoms with Gasteiger partial charge in [0.1, 0.15) is 0 Å². The summed E-state index contributed by atoms with van der Waals surface area (Å²) in [6.45, 7) is 0. The average molecular weight is 178 g/mol. The van der Waals surface area contributed by atoms with E-state index in [2.05, 4.69) is 15.1 Å².